The van der Waals surface area contributed by atoms with Crippen LogP contribution in [0.1, 0.15) is 10.4 Å². The van der Waals surface area contributed by atoms with E-state index in [0.29, 0.717) is 0 Å². The number of rotatable bonds is 3. The number of para-hydroxylation sites is 1. The van der Waals surface area contributed by atoms with Crippen molar-refractivity contribution in [3.63, 3.8) is 0 Å². The number of benzene rings is 1. The van der Waals surface area contributed by atoms with Crippen molar-refractivity contribution in [1.29, 1.82) is 0 Å². The molecular weight excluding hydrogens is 214 g/mol. The third-order valence-corrected chi connectivity index (χ3v) is 1.35. The van der Waals surface area contributed by atoms with Crippen molar-refractivity contribution in [2.45, 2.75) is 0 Å². The molecule has 0 aliphatic rings. The zero-order chi connectivity index (χ0) is 9.84. The Morgan fingerprint density at radius 2 is 1.86 bits per heavy atom. The SMILES string of the molecule is O=C(O)c1ccccc1OB(O)O.[KH]. The van der Waals surface area contributed by atoms with Crippen LogP contribution in [0.4, 0.5) is 0 Å². The Morgan fingerprint density at radius 3 is 2.36 bits per heavy atom. The number of carboxylic acid groups (broad SMARTS) is 1. The van der Waals surface area contributed by atoms with E-state index in [1.54, 1.807) is 0 Å². The molecule has 0 aliphatic heterocycles. The van der Waals surface area contributed by atoms with E-state index in [1.807, 2.05) is 0 Å². The second-order valence-electron chi connectivity index (χ2n) is 2.25. The summed E-state index contributed by atoms with van der Waals surface area (Å²) in [5.74, 6) is -1.26. The van der Waals surface area contributed by atoms with Gasteiger partial charge in [0.15, 0.2) is 0 Å². The Hall–Kier alpha value is 0.111. The Morgan fingerprint density at radius 1 is 1.29 bits per heavy atom. The van der Waals surface area contributed by atoms with Gasteiger partial charge >= 0.3 is 64.7 Å². The van der Waals surface area contributed by atoms with Crippen molar-refractivity contribution in [3.05, 3.63) is 29.8 Å². The minimum absolute atomic E-state index is 0. The number of aromatic carboxylic acids is 1. The van der Waals surface area contributed by atoms with Gasteiger partial charge in [-0.3, -0.25) is 0 Å². The zero-order valence-electron chi connectivity index (χ0n) is 6.54. The van der Waals surface area contributed by atoms with E-state index < -0.39 is 13.3 Å². The van der Waals surface area contributed by atoms with Crippen LogP contribution in [0.25, 0.3) is 0 Å². The topological polar surface area (TPSA) is 87.0 Å². The molecule has 14 heavy (non-hydrogen) atoms. The first-order chi connectivity index (χ1) is 6.11. The predicted octanol–water partition coefficient (Wildman–Crippen LogP) is -0.915. The molecule has 0 aliphatic carbocycles. The Kier molecular flexibility index (Phi) is 6.62. The van der Waals surface area contributed by atoms with Crippen molar-refractivity contribution in [2.24, 2.45) is 0 Å². The van der Waals surface area contributed by atoms with Gasteiger partial charge in [-0.05, 0) is 12.1 Å². The molecule has 0 saturated carbocycles. The second-order valence-corrected chi connectivity index (χ2v) is 2.25. The summed E-state index contributed by atoms with van der Waals surface area (Å²) in [6.45, 7) is 0. The molecule has 70 valence electrons. The van der Waals surface area contributed by atoms with Crippen molar-refractivity contribution in [1.82, 2.24) is 0 Å². The standard InChI is InChI=1S/C7H7BO5.K.H/c9-7(10)5-3-1-2-4-6(5)13-8(11)12;;/h1-4,11-12H,(H,9,10);;. The van der Waals surface area contributed by atoms with Crippen LogP contribution < -0.4 is 4.65 Å². The molecule has 0 heterocycles. The van der Waals surface area contributed by atoms with E-state index in [1.165, 1.54) is 24.3 Å². The van der Waals surface area contributed by atoms with Gasteiger partial charge in [0.05, 0.1) is 5.56 Å². The van der Waals surface area contributed by atoms with Crippen molar-refractivity contribution < 1.29 is 24.6 Å². The molecule has 7 heteroatoms. The normalized spacial score (nSPS) is 8.71. The first-order valence-electron chi connectivity index (χ1n) is 3.46. The molecule has 0 fully saturated rings. The van der Waals surface area contributed by atoms with Gasteiger partial charge in [0.2, 0.25) is 0 Å². The number of carboxylic acids is 1. The molecule has 1 rings (SSSR count). The zero-order valence-corrected chi connectivity index (χ0v) is 6.54. The van der Waals surface area contributed by atoms with Gasteiger partial charge in [-0.15, -0.1) is 0 Å². The summed E-state index contributed by atoms with van der Waals surface area (Å²) in [6.07, 6.45) is 0. The van der Waals surface area contributed by atoms with Crippen molar-refractivity contribution in [2.75, 3.05) is 0 Å². The number of hydrogen-bond acceptors (Lipinski definition) is 4. The van der Waals surface area contributed by atoms with E-state index >= 15 is 0 Å². The van der Waals surface area contributed by atoms with Crippen molar-refractivity contribution in [3.8, 4) is 5.75 Å². The molecule has 0 unspecified atom stereocenters. The fourth-order valence-electron chi connectivity index (χ4n) is 0.860. The van der Waals surface area contributed by atoms with Crippen LogP contribution in [-0.2, 0) is 0 Å². The van der Waals surface area contributed by atoms with Gasteiger partial charge in [-0.2, -0.15) is 0 Å². The molecular formula is C7H8BKO5. The Balaban J connectivity index is 0.00000169. The van der Waals surface area contributed by atoms with Gasteiger partial charge in [-0.1, -0.05) is 12.1 Å². The molecule has 1 aromatic carbocycles. The number of carbonyl (C=O) groups is 1. The molecule has 0 saturated heterocycles. The van der Waals surface area contributed by atoms with E-state index in [9.17, 15) is 4.79 Å². The fraction of sp³-hybridized carbons (Fsp3) is 0. The number of hydrogen-bond donors (Lipinski definition) is 3. The van der Waals surface area contributed by atoms with Crippen LogP contribution >= 0.6 is 0 Å². The minimum atomic E-state index is -2.01. The average Bonchev–Trinajstić information content (AvgIpc) is 2.03. The van der Waals surface area contributed by atoms with Crippen LogP contribution in [-0.4, -0.2) is 79.8 Å². The van der Waals surface area contributed by atoms with Gasteiger partial charge in [0.25, 0.3) is 0 Å². The van der Waals surface area contributed by atoms with E-state index in [-0.39, 0.29) is 62.7 Å². The van der Waals surface area contributed by atoms with Crippen molar-refractivity contribution >= 4 is 64.7 Å². The van der Waals surface area contributed by atoms with Gasteiger partial charge in [0.1, 0.15) is 5.75 Å². The summed E-state index contributed by atoms with van der Waals surface area (Å²) in [7, 11) is -2.01. The summed E-state index contributed by atoms with van der Waals surface area (Å²) in [5.41, 5.74) is -0.115. The third-order valence-electron chi connectivity index (χ3n) is 1.35. The van der Waals surface area contributed by atoms with Crippen LogP contribution in [0, 0.1) is 0 Å². The quantitative estimate of drug-likeness (QED) is 0.576. The first-order valence-corrected chi connectivity index (χ1v) is 3.46. The Labute approximate surface area is 123 Å². The van der Waals surface area contributed by atoms with E-state index in [2.05, 4.69) is 4.65 Å². The molecule has 0 atom stereocenters. The summed E-state index contributed by atoms with van der Waals surface area (Å²) in [4.78, 5) is 10.6. The second kappa shape index (κ2) is 6.57. The monoisotopic (exact) mass is 222 g/mol. The molecule has 1 aromatic rings. The molecule has 0 spiro atoms. The van der Waals surface area contributed by atoms with Crippen LogP contribution in [0.5, 0.6) is 5.75 Å². The van der Waals surface area contributed by atoms with Crippen LogP contribution in [0.15, 0.2) is 24.3 Å². The van der Waals surface area contributed by atoms with Crippen LogP contribution in [0.2, 0.25) is 0 Å². The van der Waals surface area contributed by atoms with Gasteiger partial charge in [-0.25, -0.2) is 4.79 Å². The molecule has 3 N–H and O–H groups in total. The molecule has 0 radical (unpaired) electrons. The summed E-state index contributed by atoms with van der Waals surface area (Å²) in [5, 5.41) is 25.5. The molecule has 0 aromatic heterocycles. The predicted molar refractivity (Wildman–Crippen MR) is 51.4 cm³/mol. The summed E-state index contributed by atoms with van der Waals surface area (Å²) < 4.78 is 4.44. The summed E-state index contributed by atoms with van der Waals surface area (Å²) >= 11 is 0. The van der Waals surface area contributed by atoms with E-state index in [4.69, 9.17) is 15.2 Å². The maximum atomic E-state index is 10.6. The summed E-state index contributed by atoms with van der Waals surface area (Å²) in [6, 6.07) is 5.69. The molecule has 5 nitrogen and oxygen atoms in total. The maximum absolute atomic E-state index is 10.6. The third kappa shape index (κ3) is 4.09. The fourth-order valence-corrected chi connectivity index (χ4v) is 0.860. The average molecular weight is 222 g/mol. The first kappa shape index (κ1) is 14.1. The molecule has 0 amide bonds. The van der Waals surface area contributed by atoms with Gasteiger partial charge in [0, 0.05) is 0 Å². The Bertz CT molecular complexity index is 317. The van der Waals surface area contributed by atoms with Crippen LogP contribution in [0.3, 0.4) is 0 Å². The molecule has 0 bridgehead atoms. The van der Waals surface area contributed by atoms with Gasteiger partial charge < -0.3 is 19.8 Å². The van der Waals surface area contributed by atoms with E-state index in [0.717, 1.165) is 0 Å².